The Morgan fingerprint density at radius 3 is 2.29 bits per heavy atom. The van der Waals surface area contributed by atoms with Crippen molar-refractivity contribution in [2.75, 3.05) is 7.11 Å². The number of hydrogen-bond acceptors (Lipinski definition) is 2. The Hall–Kier alpha value is -1.93. The van der Waals surface area contributed by atoms with E-state index in [1.807, 2.05) is 49.4 Å². The van der Waals surface area contributed by atoms with Gasteiger partial charge in [0.05, 0.1) is 0 Å². The van der Waals surface area contributed by atoms with E-state index in [1.54, 1.807) is 0 Å². The third-order valence-electron chi connectivity index (χ3n) is 3.98. The molecule has 0 radical (unpaired) electrons. The molecule has 1 aromatic carbocycles. The molecule has 0 saturated heterocycles. The van der Waals surface area contributed by atoms with E-state index in [0.717, 1.165) is 24.7 Å². The van der Waals surface area contributed by atoms with Gasteiger partial charge in [0.2, 0.25) is 0 Å². The third kappa shape index (κ3) is 8.07. The summed E-state index contributed by atoms with van der Waals surface area (Å²) >= 11 is 0. The van der Waals surface area contributed by atoms with Gasteiger partial charge in [-0.2, -0.15) is 0 Å². The van der Waals surface area contributed by atoms with Crippen LogP contribution in [0.2, 0.25) is 0 Å². The van der Waals surface area contributed by atoms with Gasteiger partial charge in [-0.25, -0.2) is 0 Å². The van der Waals surface area contributed by atoms with Crippen molar-refractivity contribution in [1.29, 1.82) is 0 Å². The molecule has 0 bridgehead atoms. The Morgan fingerprint density at radius 2 is 1.75 bits per heavy atom. The smallest absolute Gasteiger partial charge is 0.188 e. The van der Waals surface area contributed by atoms with Crippen molar-refractivity contribution in [3.8, 4) is 0 Å². The molecule has 1 aromatic rings. The number of aliphatic hydroxyl groups is 1. The van der Waals surface area contributed by atoms with Crippen LogP contribution in [0.5, 0.6) is 0 Å². The Kier molecular flexibility index (Phi) is 12.4. The van der Waals surface area contributed by atoms with Crippen molar-refractivity contribution < 1.29 is 9.90 Å². The van der Waals surface area contributed by atoms with Gasteiger partial charge < -0.3 is 5.11 Å². The first-order valence-electron chi connectivity index (χ1n) is 8.62. The zero-order chi connectivity index (χ0) is 18.4. The molecule has 0 amide bonds. The average Bonchev–Trinajstić information content (AvgIpc) is 2.64. The lowest BCUT2D eigenvalue weighted by molar-refractivity contribution is 0.103. The molecule has 1 unspecified atom stereocenters. The Morgan fingerprint density at radius 1 is 1.12 bits per heavy atom. The number of Topliss-reactive ketones (excluding diaryl/α,β-unsaturated/α-hetero) is 1. The summed E-state index contributed by atoms with van der Waals surface area (Å²) < 4.78 is 0. The lowest BCUT2D eigenvalue weighted by atomic mass is 9.93. The van der Waals surface area contributed by atoms with Crippen LogP contribution in [0.25, 0.3) is 0 Å². The van der Waals surface area contributed by atoms with Crippen LogP contribution in [0.4, 0.5) is 0 Å². The highest BCUT2D eigenvalue weighted by Gasteiger charge is 2.08. The van der Waals surface area contributed by atoms with E-state index in [9.17, 15) is 4.79 Å². The summed E-state index contributed by atoms with van der Waals surface area (Å²) in [5.41, 5.74) is 2.78. The van der Waals surface area contributed by atoms with Crippen LogP contribution >= 0.6 is 0 Å². The molecular formula is C22H32O2. The number of hydrogen-bond donors (Lipinski definition) is 1. The summed E-state index contributed by atoms with van der Waals surface area (Å²) in [6.45, 7) is 10.2. The number of ketones is 1. The number of rotatable bonds is 9. The van der Waals surface area contributed by atoms with Gasteiger partial charge in [-0.3, -0.25) is 4.79 Å². The van der Waals surface area contributed by atoms with E-state index in [0.29, 0.717) is 5.92 Å². The molecule has 1 rings (SSSR count). The first-order chi connectivity index (χ1) is 11.6. The minimum Gasteiger partial charge on any atom is -0.400 e. The van der Waals surface area contributed by atoms with Crippen LogP contribution in [0.3, 0.4) is 0 Å². The van der Waals surface area contributed by atoms with Crippen molar-refractivity contribution in [3.63, 3.8) is 0 Å². The number of aliphatic hydroxyl groups excluding tert-OH is 1. The third-order valence-corrected chi connectivity index (χ3v) is 3.98. The zero-order valence-electron chi connectivity index (χ0n) is 15.6. The number of allylic oxidation sites excluding steroid dienone is 5. The highest BCUT2D eigenvalue weighted by atomic mass is 16.2. The van der Waals surface area contributed by atoms with Crippen molar-refractivity contribution >= 4 is 5.78 Å². The van der Waals surface area contributed by atoms with Crippen LogP contribution in [-0.4, -0.2) is 18.0 Å². The molecule has 2 nitrogen and oxygen atoms in total. The normalized spacial score (nSPS) is 12.9. The molecular weight excluding hydrogens is 296 g/mol. The van der Waals surface area contributed by atoms with Crippen molar-refractivity contribution in [2.24, 2.45) is 5.92 Å². The van der Waals surface area contributed by atoms with Gasteiger partial charge in [-0.1, -0.05) is 80.3 Å². The maximum Gasteiger partial charge on any atom is 0.188 e. The number of carbonyl (C=O) groups is 1. The molecule has 0 spiro atoms. The first-order valence-corrected chi connectivity index (χ1v) is 8.62. The largest absolute Gasteiger partial charge is 0.400 e. The number of unbranched alkanes of at least 4 members (excludes halogenated alkanes) is 2. The second kappa shape index (κ2) is 13.5. The summed E-state index contributed by atoms with van der Waals surface area (Å²) in [5, 5.41) is 7.00. The molecule has 0 aliphatic heterocycles. The van der Waals surface area contributed by atoms with Crippen molar-refractivity contribution in [3.05, 3.63) is 71.8 Å². The highest BCUT2D eigenvalue weighted by Crippen LogP contribution is 2.20. The predicted octanol–water partition coefficient (Wildman–Crippen LogP) is 5.75. The quantitative estimate of drug-likeness (QED) is 0.206. The van der Waals surface area contributed by atoms with Gasteiger partial charge in [-0.15, -0.1) is 6.58 Å². The molecule has 1 atom stereocenters. The summed E-state index contributed by atoms with van der Waals surface area (Å²) in [7, 11) is 1.00. The van der Waals surface area contributed by atoms with Gasteiger partial charge in [0, 0.05) is 12.7 Å². The van der Waals surface area contributed by atoms with E-state index in [-0.39, 0.29) is 5.78 Å². The lowest BCUT2D eigenvalue weighted by Gasteiger charge is -2.12. The molecule has 0 aliphatic carbocycles. The molecule has 2 heteroatoms. The molecule has 24 heavy (non-hydrogen) atoms. The van der Waals surface area contributed by atoms with Gasteiger partial charge in [-0.05, 0) is 31.8 Å². The predicted molar refractivity (Wildman–Crippen MR) is 104 cm³/mol. The van der Waals surface area contributed by atoms with E-state index < -0.39 is 0 Å². The maximum absolute atomic E-state index is 12.3. The van der Waals surface area contributed by atoms with Gasteiger partial charge in [0.15, 0.2) is 5.78 Å². The monoisotopic (exact) mass is 328 g/mol. The van der Waals surface area contributed by atoms with E-state index in [4.69, 9.17) is 5.11 Å². The second-order valence-corrected chi connectivity index (χ2v) is 5.79. The summed E-state index contributed by atoms with van der Waals surface area (Å²) in [6.07, 6.45) is 10.9. The van der Waals surface area contributed by atoms with Crippen LogP contribution in [-0.2, 0) is 0 Å². The molecule has 0 saturated carbocycles. The van der Waals surface area contributed by atoms with Crippen LogP contribution in [0, 0.1) is 5.92 Å². The molecule has 0 aromatic heterocycles. The van der Waals surface area contributed by atoms with Crippen molar-refractivity contribution in [2.45, 2.75) is 46.5 Å². The van der Waals surface area contributed by atoms with Gasteiger partial charge in [0.1, 0.15) is 0 Å². The second-order valence-electron chi connectivity index (χ2n) is 5.79. The van der Waals surface area contributed by atoms with Crippen LogP contribution < -0.4 is 0 Å². The average molecular weight is 328 g/mol. The lowest BCUT2D eigenvalue weighted by Crippen LogP contribution is -2.01. The summed E-state index contributed by atoms with van der Waals surface area (Å²) in [5.74, 6) is 0.494. The molecule has 0 aliphatic rings. The van der Waals surface area contributed by atoms with Gasteiger partial charge in [0.25, 0.3) is 0 Å². The minimum atomic E-state index is 0.0887. The Labute approximate surface area is 147 Å². The molecule has 0 fully saturated rings. The fraction of sp³-hybridized carbons (Fsp3) is 0.409. The fourth-order valence-electron chi connectivity index (χ4n) is 2.42. The van der Waals surface area contributed by atoms with E-state index >= 15 is 0 Å². The topological polar surface area (TPSA) is 37.3 Å². The molecule has 1 N–H and O–H groups in total. The first kappa shape index (κ1) is 22.1. The van der Waals surface area contributed by atoms with Gasteiger partial charge >= 0.3 is 0 Å². The summed E-state index contributed by atoms with van der Waals surface area (Å²) in [6, 6.07) is 9.41. The minimum absolute atomic E-state index is 0.0887. The highest BCUT2D eigenvalue weighted by molar-refractivity contribution is 6.08. The van der Waals surface area contributed by atoms with E-state index in [2.05, 4.69) is 26.5 Å². The standard InChI is InChI=1S/C21H28O.CH4O/c1-5-7-9-12-19(6-2)17(3)15-16-18(4)21(22)20-13-10-8-11-14-20;1-2/h6,8,10-11,13-16,19H,2,5,7,9,12H2,1,3-4H3;2H,1H3/b17-15+,18-16+;. The number of benzene rings is 1. The zero-order valence-corrected chi connectivity index (χ0v) is 15.6. The molecule has 0 heterocycles. The van der Waals surface area contributed by atoms with E-state index in [1.165, 1.54) is 24.8 Å². The van der Waals surface area contributed by atoms with Crippen LogP contribution in [0.1, 0.15) is 56.8 Å². The van der Waals surface area contributed by atoms with Crippen LogP contribution in [0.15, 0.2) is 66.3 Å². The van der Waals surface area contributed by atoms with Crippen molar-refractivity contribution in [1.82, 2.24) is 0 Å². The Bertz CT molecular complexity index is 538. The molecule has 132 valence electrons. The fourth-order valence-corrected chi connectivity index (χ4v) is 2.42. The Balaban J connectivity index is 0.00000254. The summed E-state index contributed by atoms with van der Waals surface area (Å²) in [4.78, 5) is 12.3. The number of carbonyl (C=O) groups excluding carboxylic acids is 1. The SMILES string of the molecule is C=CC(CCCCC)/C(C)=C/C=C(\C)C(=O)c1ccccc1.CO. The maximum atomic E-state index is 12.3.